The second kappa shape index (κ2) is 10.1. The van der Waals surface area contributed by atoms with Crippen LogP contribution in [0.4, 0.5) is 5.69 Å². The van der Waals surface area contributed by atoms with Crippen LogP contribution in [0.5, 0.6) is 11.5 Å². The van der Waals surface area contributed by atoms with Gasteiger partial charge in [0.25, 0.3) is 5.91 Å². The van der Waals surface area contributed by atoms with Gasteiger partial charge in [-0.2, -0.15) is 0 Å². The Morgan fingerprint density at radius 2 is 1.79 bits per heavy atom. The molecule has 0 aromatic heterocycles. The summed E-state index contributed by atoms with van der Waals surface area (Å²) in [7, 11) is -0.249. The Hall–Kier alpha value is -2.57. The molecule has 0 atom stereocenters. The summed E-state index contributed by atoms with van der Waals surface area (Å²) in [5.41, 5.74) is 2.93. The zero-order chi connectivity index (χ0) is 24.2. The zero-order valence-electron chi connectivity index (χ0n) is 21.0. The summed E-state index contributed by atoms with van der Waals surface area (Å²) in [6.45, 7) is 13.4. The predicted octanol–water partition coefficient (Wildman–Crippen LogP) is 7.02. The van der Waals surface area contributed by atoms with Crippen LogP contribution in [0.1, 0.15) is 57.6 Å². The van der Waals surface area contributed by atoms with E-state index in [0.29, 0.717) is 29.7 Å². The molecular formula is C27H37NO4Si. The van der Waals surface area contributed by atoms with E-state index < -0.39 is 8.32 Å². The molecule has 5 nitrogen and oxygen atoms in total. The van der Waals surface area contributed by atoms with Crippen LogP contribution in [0.25, 0.3) is 0 Å². The number of methoxy groups -OCH3 is 1. The fraction of sp³-hybridized carbons (Fsp3) is 0.444. The van der Waals surface area contributed by atoms with Crippen molar-refractivity contribution in [3.8, 4) is 11.5 Å². The van der Waals surface area contributed by atoms with Crippen molar-refractivity contribution in [3.63, 3.8) is 0 Å². The van der Waals surface area contributed by atoms with E-state index in [9.17, 15) is 4.79 Å². The Balaban J connectivity index is 1.64. The molecule has 1 saturated carbocycles. The van der Waals surface area contributed by atoms with E-state index >= 15 is 0 Å². The molecule has 33 heavy (non-hydrogen) atoms. The summed E-state index contributed by atoms with van der Waals surface area (Å²) in [5.74, 6) is 1.96. The maximum Gasteiger partial charge on any atom is 0.291 e. The van der Waals surface area contributed by atoms with Crippen LogP contribution >= 0.6 is 0 Å². The molecule has 0 aliphatic heterocycles. The topological polar surface area (TPSA) is 56.8 Å². The van der Waals surface area contributed by atoms with Crippen LogP contribution in [0.2, 0.25) is 18.1 Å². The van der Waals surface area contributed by atoms with Gasteiger partial charge in [-0.15, -0.1) is 0 Å². The van der Waals surface area contributed by atoms with E-state index in [0.717, 1.165) is 5.56 Å². The molecule has 178 valence electrons. The predicted molar refractivity (Wildman–Crippen MR) is 136 cm³/mol. The number of benzene rings is 2. The Bertz CT molecular complexity index is 1000. The number of ether oxygens (including phenoxy) is 2. The Labute approximate surface area is 199 Å². The van der Waals surface area contributed by atoms with Crippen molar-refractivity contribution in [1.82, 2.24) is 0 Å². The quantitative estimate of drug-likeness (QED) is 0.245. The van der Waals surface area contributed by atoms with Gasteiger partial charge in [-0.25, -0.2) is 0 Å². The number of carbonyl (C=O) groups is 1. The lowest BCUT2D eigenvalue weighted by atomic mass is 10.1. The maximum atomic E-state index is 12.8. The van der Waals surface area contributed by atoms with Gasteiger partial charge in [0, 0.05) is 17.3 Å². The minimum atomic E-state index is -1.88. The summed E-state index contributed by atoms with van der Waals surface area (Å²) in [5, 5.41) is 3.04. The number of carbonyl (C=O) groups excluding carboxylic acids is 1. The van der Waals surface area contributed by atoms with Crippen molar-refractivity contribution in [2.45, 2.75) is 71.2 Å². The van der Waals surface area contributed by atoms with Gasteiger partial charge in [0.1, 0.15) is 11.5 Å². The van der Waals surface area contributed by atoms with Crippen molar-refractivity contribution in [3.05, 3.63) is 65.4 Å². The lowest BCUT2D eigenvalue weighted by Crippen LogP contribution is -2.40. The van der Waals surface area contributed by atoms with Crippen molar-refractivity contribution in [2.24, 2.45) is 0 Å². The molecule has 0 saturated heterocycles. The number of allylic oxidation sites excluding steroid dienone is 1. The number of rotatable bonds is 9. The van der Waals surface area contributed by atoms with Crippen molar-refractivity contribution in [1.29, 1.82) is 0 Å². The lowest BCUT2D eigenvalue weighted by Gasteiger charge is -2.36. The molecule has 1 N–H and O–H groups in total. The molecule has 0 unspecified atom stereocenters. The highest BCUT2D eigenvalue weighted by Gasteiger charge is 2.37. The van der Waals surface area contributed by atoms with Gasteiger partial charge < -0.3 is 19.2 Å². The molecule has 1 aliphatic rings. The normalized spacial score (nSPS) is 14.7. The molecule has 1 aliphatic carbocycles. The van der Waals surface area contributed by atoms with Crippen molar-refractivity contribution >= 4 is 19.9 Å². The van der Waals surface area contributed by atoms with E-state index in [1.54, 1.807) is 20.1 Å². The van der Waals surface area contributed by atoms with E-state index in [1.807, 2.05) is 30.3 Å². The molecular weight excluding hydrogens is 430 g/mol. The molecule has 3 rings (SSSR count). The monoisotopic (exact) mass is 467 g/mol. The molecule has 6 heteroatoms. The molecule has 0 spiro atoms. The van der Waals surface area contributed by atoms with Crippen LogP contribution in [0.3, 0.4) is 0 Å². The lowest BCUT2D eigenvalue weighted by molar-refractivity contribution is -0.114. The molecule has 0 heterocycles. The van der Waals surface area contributed by atoms with E-state index in [-0.39, 0.29) is 16.7 Å². The summed E-state index contributed by atoms with van der Waals surface area (Å²) < 4.78 is 17.8. The van der Waals surface area contributed by atoms with E-state index in [4.69, 9.17) is 13.9 Å². The second-order valence-corrected chi connectivity index (χ2v) is 14.9. The first-order chi connectivity index (χ1) is 15.5. The first-order valence-electron chi connectivity index (χ1n) is 11.6. The number of nitrogens with one attached hydrogen (secondary N) is 1. The van der Waals surface area contributed by atoms with Crippen LogP contribution in [-0.4, -0.2) is 21.3 Å². The van der Waals surface area contributed by atoms with E-state index in [2.05, 4.69) is 51.3 Å². The first-order valence-corrected chi connectivity index (χ1v) is 14.5. The van der Waals surface area contributed by atoms with Crippen LogP contribution < -0.4 is 14.8 Å². The van der Waals surface area contributed by atoms with Crippen molar-refractivity contribution < 1.29 is 18.7 Å². The minimum Gasteiger partial charge on any atom is -0.496 e. The summed E-state index contributed by atoms with van der Waals surface area (Å²) in [6.07, 6.45) is 4.18. The largest absolute Gasteiger partial charge is 0.496 e. The smallest absolute Gasteiger partial charge is 0.291 e. The summed E-state index contributed by atoms with van der Waals surface area (Å²) in [4.78, 5) is 12.8. The average molecular weight is 468 g/mol. The van der Waals surface area contributed by atoms with Gasteiger partial charge in [0.15, 0.2) is 14.1 Å². The van der Waals surface area contributed by atoms with Crippen LogP contribution in [-0.2, 0) is 15.8 Å². The standard InChI is InChI=1S/C27H37NO4Si/c1-8-24(32-23-15-12-20(13-16-23)19-9-10-19)26(29)28-22-14-11-21(25(17-22)30-5)18-31-33(6,7)27(2,3)4/h8,11-17,19H,9-10,18H2,1-7H3,(H,28,29). The van der Waals surface area contributed by atoms with Gasteiger partial charge >= 0.3 is 0 Å². The highest BCUT2D eigenvalue weighted by molar-refractivity contribution is 6.74. The van der Waals surface area contributed by atoms with Crippen LogP contribution in [0, 0.1) is 0 Å². The van der Waals surface area contributed by atoms with Gasteiger partial charge in [0.2, 0.25) is 0 Å². The van der Waals surface area contributed by atoms with Gasteiger partial charge in [-0.05, 0) is 73.7 Å². The van der Waals surface area contributed by atoms with Gasteiger partial charge in [-0.3, -0.25) is 4.79 Å². The Morgan fingerprint density at radius 1 is 1.12 bits per heavy atom. The third kappa shape index (κ3) is 6.48. The average Bonchev–Trinajstić information content (AvgIpc) is 3.61. The summed E-state index contributed by atoms with van der Waals surface area (Å²) >= 11 is 0. The SMILES string of the molecule is CC=C(Oc1ccc(C2CC2)cc1)C(=O)Nc1ccc(CO[Si](C)(C)C(C)(C)C)c(OC)c1. The van der Waals surface area contributed by atoms with Gasteiger partial charge in [-0.1, -0.05) is 39.0 Å². The highest BCUT2D eigenvalue weighted by Crippen LogP contribution is 2.40. The third-order valence-electron chi connectivity index (χ3n) is 6.58. The molecule has 0 bridgehead atoms. The van der Waals surface area contributed by atoms with Crippen LogP contribution in [0.15, 0.2) is 54.3 Å². The number of hydrogen-bond acceptors (Lipinski definition) is 4. The minimum absolute atomic E-state index is 0.134. The van der Waals surface area contributed by atoms with Gasteiger partial charge in [0.05, 0.1) is 13.7 Å². The third-order valence-corrected chi connectivity index (χ3v) is 11.1. The fourth-order valence-corrected chi connectivity index (χ4v) is 4.15. The molecule has 2 aromatic carbocycles. The Morgan fingerprint density at radius 3 is 2.33 bits per heavy atom. The molecule has 0 radical (unpaired) electrons. The molecule has 1 amide bonds. The number of amides is 1. The second-order valence-electron chi connectivity index (χ2n) is 10.1. The van der Waals surface area contributed by atoms with E-state index in [1.165, 1.54) is 18.4 Å². The highest BCUT2D eigenvalue weighted by atomic mass is 28.4. The number of anilines is 1. The first kappa shape index (κ1) is 25.1. The maximum absolute atomic E-state index is 12.8. The Kier molecular flexibility index (Phi) is 7.70. The summed E-state index contributed by atoms with van der Waals surface area (Å²) in [6, 6.07) is 13.6. The van der Waals surface area contributed by atoms with Crippen molar-refractivity contribution in [2.75, 3.05) is 12.4 Å². The molecule has 2 aromatic rings. The number of hydrogen-bond donors (Lipinski definition) is 1. The fourth-order valence-electron chi connectivity index (χ4n) is 3.20. The zero-order valence-corrected chi connectivity index (χ0v) is 22.0. The molecule has 1 fully saturated rings.